The number of rotatable bonds is 0. The van der Waals surface area contributed by atoms with Gasteiger partial charge in [-0.05, 0) is 11.5 Å². The third kappa shape index (κ3) is 1.15. The average Bonchev–Trinajstić information content (AvgIpc) is 2.69. The van der Waals surface area contributed by atoms with Gasteiger partial charge in [-0.3, -0.25) is 4.79 Å². The van der Waals surface area contributed by atoms with Crippen LogP contribution in [0.5, 0.6) is 0 Å². The van der Waals surface area contributed by atoms with E-state index in [0.29, 0.717) is 11.0 Å². The van der Waals surface area contributed by atoms with Crippen LogP contribution in [0.2, 0.25) is 0 Å². The molecule has 0 radical (unpaired) electrons. The van der Waals surface area contributed by atoms with Crippen LogP contribution >= 0.6 is 0 Å². The van der Waals surface area contributed by atoms with Crippen LogP contribution in [-0.4, -0.2) is 0 Å². The van der Waals surface area contributed by atoms with Gasteiger partial charge in [-0.25, -0.2) is 0 Å². The summed E-state index contributed by atoms with van der Waals surface area (Å²) in [6.07, 6.45) is 1.54. The van der Waals surface area contributed by atoms with Gasteiger partial charge in [-0.2, -0.15) is 0 Å². The Labute approximate surface area is 85.8 Å². The van der Waals surface area contributed by atoms with Crippen molar-refractivity contribution in [1.29, 1.82) is 0 Å². The normalized spacial score (nSPS) is 10.9. The number of benzene rings is 1. The van der Waals surface area contributed by atoms with E-state index in [1.54, 1.807) is 12.3 Å². The Hall–Kier alpha value is -2.09. The van der Waals surface area contributed by atoms with Gasteiger partial charge in [-0.1, -0.05) is 36.4 Å². The summed E-state index contributed by atoms with van der Waals surface area (Å²) in [6, 6.07) is 13.2. The van der Waals surface area contributed by atoms with E-state index in [9.17, 15) is 4.79 Å². The molecule has 0 saturated carbocycles. The summed E-state index contributed by atoms with van der Waals surface area (Å²) in [5.74, 6) is 0. The fourth-order valence-corrected chi connectivity index (χ4v) is 1.79. The first-order valence-corrected chi connectivity index (χ1v) is 4.75. The number of hydrogen-bond donors (Lipinski definition) is 0. The molecule has 0 amide bonds. The Morgan fingerprint density at radius 1 is 0.867 bits per heavy atom. The van der Waals surface area contributed by atoms with Gasteiger partial charge in [0.25, 0.3) is 0 Å². The first-order valence-electron chi connectivity index (χ1n) is 4.75. The zero-order valence-corrected chi connectivity index (χ0v) is 7.94. The molecule has 0 aliphatic carbocycles. The van der Waals surface area contributed by atoms with Crippen molar-refractivity contribution in [2.24, 2.45) is 0 Å². The molecule has 72 valence electrons. The molecule has 3 rings (SSSR count). The van der Waals surface area contributed by atoms with Crippen molar-refractivity contribution in [2.75, 3.05) is 0 Å². The summed E-state index contributed by atoms with van der Waals surface area (Å²) < 4.78 is 5.20. The molecule has 0 N–H and O–H groups in total. The molecule has 2 heteroatoms. The molecule has 2 aromatic carbocycles. The zero-order valence-electron chi connectivity index (χ0n) is 7.94. The van der Waals surface area contributed by atoms with Crippen LogP contribution < -0.4 is 5.43 Å². The smallest absolute Gasteiger partial charge is 0.229 e. The molecular formula is C13H8O2. The molecule has 1 heterocycles. The van der Waals surface area contributed by atoms with E-state index in [-0.39, 0.29) is 5.43 Å². The van der Waals surface area contributed by atoms with Gasteiger partial charge < -0.3 is 4.42 Å². The second-order valence-corrected chi connectivity index (χ2v) is 3.45. The topological polar surface area (TPSA) is 30.2 Å². The highest BCUT2D eigenvalue weighted by molar-refractivity contribution is 5.90. The van der Waals surface area contributed by atoms with Crippen LogP contribution in [0.25, 0.3) is 21.7 Å². The quantitative estimate of drug-likeness (QED) is 0.553. The molecule has 0 aliphatic heterocycles. The van der Waals surface area contributed by atoms with Crippen molar-refractivity contribution in [3.8, 4) is 0 Å². The minimum Gasteiger partial charge on any atom is -0.460 e. The van der Waals surface area contributed by atoms with Crippen LogP contribution in [0.1, 0.15) is 0 Å². The van der Waals surface area contributed by atoms with E-state index in [1.165, 1.54) is 0 Å². The van der Waals surface area contributed by atoms with Crippen molar-refractivity contribution >= 4 is 21.7 Å². The summed E-state index contributed by atoms with van der Waals surface area (Å²) in [4.78, 5) is 12.1. The van der Waals surface area contributed by atoms with Gasteiger partial charge in [0.1, 0.15) is 0 Å². The van der Waals surface area contributed by atoms with Gasteiger partial charge in [-0.15, -0.1) is 0 Å². The molecule has 0 fully saturated rings. The van der Waals surface area contributed by atoms with Gasteiger partial charge in [0.05, 0.1) is 6.26 Å². The van der Waals surface area contributed by atoms with E-state index in [4.69, 9.17) is 4.42 Å². The average molecular weight is 196 g/mol. The highest BCUT2D eigenvalue weighted by atomic mass is 16.3. The van der Waals surface area contributed by atoms with E-state index in [0.717, 1.165) is 10.8 Å². The highest BCUT2D eigenvalue weighted by Crippen LogP contribution is 2.15. The molecule has 0 atom stereocenters. The van der Waals surface area contributed by atoms with Gasteiger partial charge in [0, 0.05) is 10.8 Å². The number of fused-ring (bicyclic) bond motifs is 2. The third-order valence-electron chi connectivity index (χ3n) is 2.55. The summed E-state index contributed by atoms with van der Waals surface area (Å²) in [5, 5.41) is 2.48. The second kappa shape index (κ2) is 2.95. The Kier molecular flexibility index (Phi) is 1.62. The van der Waals surface area contributed by atoms with E-state index < -0.39 is 0 Å². The summed E-state index contributed by atoms with van der Waals surface area (Å²) in [7, 11) is 0. The maximum atomic E-state index is 12.1. The first kappa shape index (κ1) is 8.24. The third-order valence-corrected chi connectivity index (χ3v) is 2.55. The molecule has 0 aliphatic rings. The molecule has 0 unspecified atom stereocenters. The lowest BCUT2D eigenvalue weighted by atomic mass is 10.2. The lowest BCUT2D eigenvalue weighted by Crippen LogP contribution is -1.96. The SMILES string of the molecule is O=c1c2ccccc2ccc2ccoc12. The van der Waals surface area contributed by atoms with Crippen LogP contribution in [0.4, 0.5) is 0 Å². The van der Waals surface area contributed by atoms with Crippen molar-refractivity contribution in [1.82, 2.24) is 0 Å². The van der Waals surface area contributed by atoms with Crippen molar-refractivity contribution in [2.45, 2.75) is 0 Å². The molecule has 2 nitrogen and oxygen atoms in total. The fraction of sp³-hybridized carbons (Fsp3) is 0. The Balaban J connectivity index is 2.71. The van der Waals surface area contributed by atoms with Crippen molar-refractivity contribution in [3.05, 3.63) is 59.0 Å². The highest BCUT2D eigenvalue weighted by Gasteiger charge is 2.03. The number of furan rings is 1. The zero-order chi connectivity index (χ0) is 10.3. The summed E-state index contributed by atoms with van der Waals surface area (Å²) in [6.45, 7) is 0. The van der Waals surface area contributed by atoms with Crippen molar-refractivity contribution in [3.63, 3.8) is 0 Å². The van der Waals surface area contributed by atoms with Gasteiger partial charge >= 0.3 is 0 Å². The Morgan fingerprint density at radius 2 is 1.67 bits per heavy atom. The lowest BCUT2D eigenvalue weighted by molar-refractivity contribution is 0.614. The Morgan fingerprint density at radius 3 is 2.60 bits per heavy atom. The van der Waals surface area contributed by atoms with Gasteiger partial charge in [0.15, 0.2) is 5.58 Å². The van der Waals surface area contributed by atoms with E-state index in [2.05, 4.69) is 0 Å². The van der Waals surface area contributed by atoms with E-state index >= 15 is 0 Å². The van der Waals surface area contributed by atoms with Crippen LogP contribution in [0.3, 0.4) is 0 Å². The standard InChI is InChI=1S/C13H8O2/c14-12-11-4-2-1-3-9(11)5-6-10-7-8-15-13(10)12/h1-8H. The van der Waals surface area contributed by atoms with Crippen LogP contribution in [0.15, 0.2) is 57.9 Å². The molecule has 15 heavy (non-hydrogen) atoms. The fourth-order valence-electron chi connectivity index (χ4n) is 1.79. The Bertz CT molecular complexity index is 695. The predicted molar refractivity (Wildman–Crippen MR) is 60.0 cm³/mol. The van der Waals surface area contributed by atoms with Gasteiger partial charge in [0.2, 0.25) is 5.43 Å². The second-order valence-electron chi connectivity index (χ2n) is 3.45. The molecule has 0 spiro atoms. The van der Waals surface area contributed by atoms with Crippen molar-refractivity contribution < 1.29 is 4.42 Å². The predicted octanol–water partition coefficient (Wildman–Crippen LogP) is 2.95. The minimum atomic E-state index is -0.0457. The first-order chi connectivity index (χ1) is 7.36. The summed E-state index contributed by atoms with van der Waals surface area (Å²) in [5.41, 5.74) is 0.381. The number of hydrogen-bond acceptors (Lipinski definition) is 2. The molecule has 0 bridgehead atoms. The lowest BCUT2D eigenvalue weighted by Gasteiger charge is -1.87. The molecule has 1 aromatic heterocycles. The molecular weight excluding hydrogens is 188 g/mol. The summed E-state index contributed by atoms with van der Waals surface area (Å²) >= 11 is 0. The van der Waals surface area contributed by atoms with E-state index in [1.807, 2.05) is 36.4 Å². The maximum Gasteiger partial charge on any atom is 0.229 e. The molecule has 0 saturated heterocycles. The van der Waals surface area contributed by atoms with Crippen LogP contribution in [0, 0.1) is 0 Å². The largest absolute Gasteiger partial charge is 0.460 e. The monoisotopic (exact) mass is 196 g/mol. The molecule has 3 aromatic rings. The van der Waals surface area contributed by atoms with Crippen LogP contribution in [-0.2, 0) is 0 Å². The maximum absolute atomic E-state index is 12.1. The minimum absolute atomic E-state index is 0.0457.